The van der Waals surface area contributed by atoms with Crippen molar-refractivity contribution in [3.63, 3.8) is 0 Å². The van der Waals surface area contributed by atoms with E-state index in [1.54, 1.807) is 42.0 Å². The van der Waals surface area contributed by atoms with E-state index in [2.05, 4.69) is 20.8 Å². The van der Waals surface area contributed by atoms with Crippen LogP contribution in [0.2, 0.25) is 0 Å². The Morgan fingerprint density at radius 2 is 1.97 bits per heavy atom. The van der Waals surface area contributed by atoms with Crippen molar-refractivity contribution < 1.29 is 18.7 Å². The molecule has 0 bridgehead atoms. The van der Waals surface area contributed by atoms with Gasteiger partial charge in [0.1, 0.15) is 11.6 Å². The van der Waals surface area contributed by atoms with E-state index in [1.165, 1.54) is 30.0 Å². The number of hydrogen-bond acceptors (Lipinski definition) is 6. The predicted molar refractivity (Wildman–Crippen MR) is 116 cm³/mol. The number of ether oxygens (including phenoxy) is 1. The Balaban J connectivity index is 1.57. The van der Waals surface area contributed by atoms with Gasteiger partial charge in [0.15, 0.2) is 11.0 Å². The minimum atomic E-state index is -0.588. The van der Waals surface area contributed by atoms with E-state index in [1.807, 2.05) is 6.92 Å². The Kier molecular flexibility index (Phi) is 7.60. The highest BCUT2D eigenvalue weighted by molar-refractivity contribution is 7.99. The third kappa shape index (κ3) is 5.82. The number of nitrogens with one attached hydrogen (secondary N) is 2. The van der Waals surface area contributed by atoms with Crippen LogP contribution in [0.4, 0.5) is 10.1 Å². The van der Waals surface area contributed by atoms with Gasteiger partial charge in [0.25, 0.3) is 5.91 Å². The van der Waals surface area contributed by atoms with Crippen molar-refractivity contribution in [1.82, 2.24) is 20.1 Å². The molecule has 2 amide bonds. The van der Waals surface area contributed by atoms with Gasteiger partial charge >= 0.3 is 0 Å². The lowest BCUT2D eigenvalue weighted by molar-refractivity contribution is -0.113. The average Bonchev–Trinajstić information content (AvgIpc) is 3.18. The molecule has 0 atom stereocenters. The summed E-state index contributed by atoms with van der Waals surface area (Å²) in [7, 11) is 1.56. The molecular weight excluding hydrogens is 421 g/mol. The Morgan fingerprint density at radius 3 is 2.71 bits per heavy atom. The number of nitrogens with zero attached hydrogens (tertiary/aromatic N) is 3. The van der Waals surface area contributed by atoms with Crippen molar-refractivity contribution in [2.45, 2.75) is 25.2 Å². The molecule has 0 aliphatic rings. The Morgan fingerprint density at radius 1 is 1.16 bits per heavy atom. The number of benzene rings is 2. The molecule has 0 spiro atoms. The van der Waals surface area contributed by atoms with Crippen LogP contribution >= 0.6 is 11.8 Å². The van der Waals surface area contributed by atoms with E-state index >= 15 is 0 Å². The van der Waals surface area contributed by atoms with Gasteiger partial charge in [-0.25, -0.2) is 4.39 Å². The number of anilines is 1. The van der Waals surface area contributed by atoms with Crippen LogP contribution in [-0.4, -0.2) is 39.4 Å². The number of methoxy groups -OCH3 is 1. The first-order valence-corrected chi connectivity index (χ1v) is 10.5. The minimum Gasteiger partial charge on any atom is -0.497 e. The molecule has 8 nitrogen and oxygen atoms in total. The normalized spacial score (nSPS) is 10.5. The molecular formula is C21H22FN5O3S. The Labute approximate surface area is 183 Å². The molecule has 0 radical (unpaired) electrons. The maximum Gasteiger partial charge on any atom is 0.254 e. The first-order valence-electron chi connectivity index (χ1n) is 9.53. The molecule has 3 aromatic rings. The third-order valence-electron chi connectivity index (χ3n) is 4.32. The molecule has 1 aromatic heterocycles. The van der Waals surface area contributed by atoms with Crippen LogP contribution in [0, 0.1) is 5.82 Å². The number of aromatic nitrogens is 3. The zero-order chi connectivity index (χ0) is 22.2. The molecule has 10 heteroatoms. The number of amides is 2. The molecule has 162 valence electrons. The summed E-state index contributed by atoms with van der Waals surface area (Å²) in [5.41, 5.74) is 0.604. The van der Waals surface area contributed by atoms with Gasteiger partial charge in [0.05, 0.1) is 25.0 Å². The highest BCUT2D eigenvalue weighted by atomic mass is 32.2. The number of halogens is 1. The largest absolute Gasteiger partial charge is 0.497 e. The Bertz CT molecular complexity index is 1070. The zero-order valence-electron chi connectivity index (χ0n) is 17.1. The van der Waals surface area contributed by atoms with Gasteiger partial charge in [-0.3, -0.25) is 9.59 Å². The quantitative estimate of drug-likeness (QED) is 0.493. The van der Waals surface area contributed by atoms with Crippen molar-refractivity contribution in [3.05, 3.63) is 65.7 Å². The molecule has 1 heterocycles. The number of carbonyl (C=O) groups excluding carboxylic acids is 2. The fourth-order valence-electron chi connectivity index (χ4n) is 2.80. The average molecular weight is 444 g/mol. The second-order valence-corrected chi connectivity index (χ2v) is 7.32. The summed E-state index contributed by atoms with van der Waals surface area (Å²) in [4.78, 5) is 24.5. The van der Waals surface area contributed by atoms with Crippen molar-refractivity contribution >= 4 is 29.3 Å². The van der Waals surface area contributed by atoms with Gasteiger partial charge in [0.2, 0.25) is 5.91 Å². The highest BCUT2D eigenvalue weighted by Crippen LogP contribution is 2.20. The smallest absolute Gasteiger partial charge is 0.254 e. The molecule has 0 saturated carbocycles. The van der Waals surface area contributed by atoms with Crippen LogP contribution in [0.1, 0.15) is 23.1 Å². The van der Waals surface area contributed by atoms with Gasteiger partial charge in [0, 0.05) is 18.3 Å². The second-order valence-electron chi connectivity index (χ2n) is 6.37. The summed E-state index contributed by atoms with van der Waals surface area (Å²) in [6, 6.07) is 12.8. The number of rotatable bonds is 9. The summed E-state index contributed by atoms with van der Waals surface area (Å²) >= 11 is 1.24. The molecule has 0 fully saturated rings. The second kappa shape index (κ2) is 10.6. The fourth-order valence-corrected chi connectivity index (χ4v) is 3.62. The van der Waals surface area contributed by atoms with E-state index in [0.717, 1.165) is 0 Å². The number of carbonyl (C=O) groups is 2. The number of thioether (sulfide) groups is 1. The standard InChI is InChI=1S/C21H22FN5O3S/c1-3-27-18(12-23-20(29)16-9-4-5-10-17(16)22)25-26-21(27)31-13-19(28)24-14-7-6-8-15(11-14)30-2/h4-11H,3,12-13H2,1-2H3,(H,23,29)(H,24,28). The molecule has 0 aliphatic heterocycles. The molecule has 0 aliphatic carbocycles. The van der Waals surface area contributed by atoms with E-state index in [9.17, 15) is 14.0 Å². The van der Waals surface area contributed by atoms with Crippen LogP contribution in [0.25, 0.3) is 0 Å². The van der Waals surface area contributed by atoms with Crippen molar-refractivity contribution in [2.75, 3.05) is 18.2 Å². The molecule has 0 unspecified atom stereocenters. The van der Waals surface area contributed by atoms with Gasteiger partial charge in [-0.15, -0.1) is 10.2 Å². The van der Waals surface area contributed by atoms with Gasteiger partial charge in [-0.05, 0) is 31.2 Å². The van der Waals surface area contributed by atoms with E-state index in [0.29, 0.717) is 29.0 Å². The summed E-state index contributed by atoms with van der Waals surface area (Å²) in [6.07, 6.45) is 0. The van der Waals surface area contributed by atoms with Gasteiger partial charge < -0.3 is 19.9 Å². The van der Waals surface area contributed by atoms with Crippen LogP contribution < -0.4 is 15.4 Å². The summed E-state index contributed by atoms with van der Waals surface area (Å²) in [5.74, 6) is -0.0120. The molecule has 2 aromatic carbocycles. The van der Waals surface area contributed by atoms with Crippen molar-refractivity contribution in [3.8, 4) is 5.75 Å². The monoisotopic (exact) mass is 443 g/mol. The molecule has 0 saturated heterocycles. The first-order chi connectivity index (χ1) is 15.0. The summed E-state index contributed by atoms with van der Waals surface area (Å²) < 4.78 is 20.7. The highest BCUT2D eigenvalue weighted by Gasteiger charge is 2.16. The predicted octanol–water partition coefficient (Wildman–Crippen LogP) is 3.11. The maximum absolute atomic E-state index is 13.7. The van der Waals surface area contributed by atoms with Crippen LogP contribution in [-0.2, 0) is 17.9 Å². The van der Waals surface area contributed by atoms with Crippen LogP contribution in [0.15, 0.2) is 53.7 Å². The maximum atomic E-state index is 13.7. The molecule has 31 heavy (non-hydrogen) atoms. The van der Waals surface area contributed by atoms with E-state index in [-0.39, 0.29) is 23.8 Å². The lowest BCUT2D eigenvalue weighted by atomic mass is 10.2. The van der Waals surface area contributed by atoms with Crippen LogP contribution in [0.3, 0.4) is 0 Å². The van der Waals surface area contributed by atoms with Gasteiger partial charge in [-0.2, -0.15) is 0 Å². The summed E-state index contributed by atoms with van der Waals surface area (Å²) in [6.45, 7) is 2.55. The molecule has 2 N–H and O–H groups in total. The lowest BCUT2D eigenvalue weighted by Crippen LogP contribution is -2.25. The summed E-state index contributed by atoms with van der Waals surface area (Å²) in [5, 5.41) is 14.2. The van der Waals surface area contributed by atoms with Crippen LogP contribution in [0.5, 0.6) is 5.75 Å². The van der Waals surface area contributed by atoms with Crippen molar-refractivity contribution in [2.24, 2.45) is 0 Å². The SMILES string of the molecule is CCn1c(CNC(=O)c2ccccc2F)nnc1SCC(=O)Nc1cccc(OC)c1. The van der Waals surface area contributed by atoms with Gasteiger partial charge in [-0.1, -0.05) is 30.0 Å². The topological polar surface area (TPSA) is 98.1 Å². The fraction of sp³-hybridized carbons (Fsp3) is 0.238. The van der Waals surface area contributed by atoms with Crippen molar-refractivity contribution in [1.29, 1.82) is 0 Å². The van der Waals surface area contributed by atoms with E-state index in [4.69, 9.17) is 4.74 Å². The number of hydrogen-bond donors (Lipinski definition) is 2. The third-order valence-corrected chi connectivity index (χ3v) is 5.29. The zero-order valence-corrected chi connectivity index (χ0v) is 17.9. The first kappa shape index (κ1) is 22.3. The minimum absolute atomic E-state index is 0.0334. The Hall–Kier alpha value is -3.40. The lowest BCUT2D eigenvalue weighted by Gasteiger charge is -2.09. The van der Waals surface area contributed by atoms with E-state index < -0.39 is 11.7 Å². The molecule has 3 rings (SSSR count).